The van der Waals surface area contributed by atoms with E-state index in [0.717, 1.165) is 5.69 Å². The molecule has 0 saturated heterocycles. The van der Waals surface area contributed by atoms with Gasteiger partial charge in [0.25, 0.3) is 0 Å². The van der Waals surface area contributed by atoms with Gasteiger partial charge in [0.1, 0.15) is 5.69 Å². The zero-order chi connectivity index (χ0) is 11.3. The second-order valence-electron chi connectivity index (χ2n) is 3.28. The van der Waals surface area contributed by atoms with Crippen molar-refractivity contribution in [1.82, 2.24) is 15.0 Å². The smallest absolute Gasteiger partial charge is 0.303 e. The topological polar surface area (TPSA) is 77.2 Å². The monoisotopic (exact) mass is 213 g/mol. The SMILES string of the molecule is COC(C)c1cn(CCCC(=O)O)nn1. The second-order valence-corrected chi connectivity index (χ2v) is 3.28. The maximum absolute atomic E-state index is 10.3. The Morgan fingerprint density at radius 3 is 3.07 bits per heavy atom. The third kappa shape index (κ3) is 3.67. The van der Waals surface area contributed by atoms with Crippen LogP contribution in [-0.2, 0) is 16.1 Å². The van der Waals surface area contributed by atoms with Gasteiger partial charge in [0.2, 0.25) is 0 Å². The number of aliphatic carboxylic acids is 1. The van der Waals surface area contributed by atoms with E-state index in [1.165, 1.54) is 0 Å². The Morgan fingerprint density at radius 2 is 2.47 bits per heavy atom. The van der Waals surface area contributed by atoms with Crippen LogP contribution < -0.4 is 0 Å². The Kier molecular flexibility index (Phi) is 4.23. The lowest BCUT2D eigenvalue weighted by molar-refractivity contribution is -0.137. The van der Waals surface area contributed by atoms with Crippen LogP contribution in [0.3, 0.4) is 0 Å². The number of aromatic nitrogens is 3. The maximum atomic E-state index is 10.3. The minimum Gasteiger partial charge on any atom is -0.481 e. The number of carbonyl (C=O) groups is 1. The molecule has 1 aromatic heterocycles. The molecule has 0 amide bonds. The minimum absolute atomic E-state index is 0.0850. The Morgan fingerprint density at radius 1 is 1.73 bits per heavy atom. The molecule has 0 aromatic carbocycles. The first-order chi connectivity index (χ1) is 7.13. The van der Waals surface area contributed by atoms with Crippen LogP contribution in [0.1, 0.15) is 31.6 Å². The first-order valence-electron chi connectivity index (χ1n) is 4.78. The Balaban J connectivity index is 2.42. The second kappa shape index (κ2) is 5.45. The number of carboxylic acids is 1. The van der Waals surface area contributed by atoms with Crippen molar-refractivity contribution >= 4 is 5.97 Å². The fraction of sp³-hybridized carbons (Fsp3) is 0.667. The van der Waals surface area contributed by atoms with E-state index in [-0.39, 0.29) is 12.5 Å². The van der Waals surface area contributed by atoms with Gasteiger partial charge in [0, 0.05) is 20.1 Å². The number of aryl methyl sites for hydroxylation is 1. The predicted molar refractivity (Wildman–Crippen MR) is 52.3 cm³/mol. The van der Waals surface area contributed by atoms with Crippen LogP contribution in [0.5, 0.6) is 0 Å². The Bertz CT molecular complexity index is 324. The van der Waals surface area contributed by atoms with E-state index >= 15 is 0 Å². The van der Waals surface area contributed by atoms with E-state index in [0.29, 0.717) is 13.0 Å². The van der Waals surface area contributed by atoms with Crippen molar-refractivity contribution in [3.63, 3.8) is 0 Å². The van der Waals surface area contributed by atoms with Crippen molar-refractivity contribution < 1.29 is 14.6 Å². The molecule has 0 aliphatic heterocycles. The molecule has 1 aromatic rings. The van der Waals surface area contributed by atoms with Crippen LogP contribution in [0.2, 0.25) is 0 Å². The molecular formula is C9H15N3O3. The summed E-state index contributed by atoms with van der Waals surface area (Å²) in [5.74, 6) is -0.791. The fourth-order valence-electron chi connectivity index (χ4n) is 1.12. The van der Waals surface area contributed by atoms with Gasteiger partial charge < -0.3 is 9.84 Å². The molecular weight excluding hydrogens is 198 g/mol. The molecule has 1 atom stereocenters. The third-order valence-electron chi connectivity index (χ3n) is 2.10. The molecule has 0 fully saturated rings. The summed E-state index contributed by atoms with van der Waals surface area (Å²) in [7, 11) is 1.61. The van der Waals surface area contributed by atoms with E-state index in [2.05, 4.69) is 10.3 Å². The van der Waals surface area contributed by atoms with Gasteiger partial charge in [-0.1, -0.05) is 5.21 Å². The number of methoxy groups -OCH3 is 1. The number of nitrogens with zero attached hydrogens (tertiary/aromatic N) is 3. The average Bonchev–Trinajstić information content (AvgIpc) is 2.65. The molecule has 0 spiro atoms. The van der Waals surface area contributed by atoms with Gasteiger partial charge >= 0.3 is 5.97 Å². The van der Waals surface area contributed by atoms with Crippen molar-refractivity contribution in [2.75, 3.05) is 7.11 Å². The summed E-state index contributed by atoms with van der Waals surface area (Å²) in [5.41, 5.74) is 0.757. The largest absolute Gasteiger partial charge is 0.481 e. The summed E-state index contributed by atoms with van der Waals surface area (Å²) in [4.78, 5) is 10.3. The highest BCUT2D eigenvalue weighted by atomic mass is 16.5. The molecule has 1 rings (SSSR count). The maximum Gasteiger partial charge on any atom is 0.303 e. The highest BCUT2D eigenvalue weighted by molar-refractivity contribution is 5.66. The first-order valence-corrected chi connectivity index (χ1v) is 4.78. The number of carboxylic acid groups (broad SMARTS) is 1. The fourth-order valence-corrected chi connectivity index (χ4v) is 1.12. The van der Waals surface area contributed by atoms with Crippen molar-refractivity contribution in [3.05, 3.63) is 11.9 Å². The molecule has 1 unspecified atom stereocenters. The molecule has 0 aliphatic rings. The summed E-state index contributed by atoms with van der Waals surface area (Å²) in [6.07, 6.45) is 2.39. The lowest BCUT2D eigenvalue weighted by Crippen LogP contribution is -2.02. The van der Waals surface area contributed by atoms with Crippen LogP contribution in [0.25, 0.3) is 0 Å². The van der Waals surface area contributed by atoms with Gasteiger partial charge in [-0.25, -0.2) is 0 Å². The molecule has 0 saturated carbocycles. The quantitative estimate of drug-likeness (QED) is 0.758. The molecule has 15 heavy (non-hydrogen) atoms. The van der Waals surface area contributed by atoms with Crippen LogP contribution in [0.4, 0.5) is 0 Å². The first kappa shape index (κ1) is 11.6. The molecule has 84 valence electrons. The van der Waals surface area contributed by atoms with Gasteiger partial charge in [0.15, 0.2) is 0 Å². The summed E-state index contributed by atoms with van der Waals surface area (Å²) < 4.78 is 6.72. The van der Waals surface area contributed by atoms with Crippen LogP contribution in [0, 0.1) is 0 Å². The number of hydrogen-bond donors (Lipinski definition) is 1. The van der Waals surface area contributed by atoms with E-state index in [4.69, 9.17) is 9.84 Å². The lowest BCUT2D eigenvalue weighted by Gasteiger charge is -2.02. The van der Waals surface area contributed by atoms with Crippen LogP contribution in [-0.4, -0.2) is 33.2 Å². The predicted octanol–water partition coefficient (Wildman–Crippen LogP) is 0.850. The zero-order valence-electron chi connectivity index (χ0n) is 8.88. The molecule has 1 heterocycles. The van der Waals surface area contributed by atoms with E-state index < -0.39 is 5.97 Å². The molecule has 0 bridgehead atoms. The van der Waals surface area contributed by atoms with Crippen molar-refractivity contribution in [1.29, 1.82) is 0 Å². The highest BCUT2D eigenvalue weighted by Gasteiger charge is 2.08. The van der Waals surface area contributed by atoms with Gasteiger partial charge in [0.05, 0.1) is 12.3 Å². The third-order valence-corrected chi connectivity index (χ3v) is 2.10. The molecule has 6 nitrogen and oxygen atoms in total. The number of ether oxygens (including phenoxy) is 1. The molecule has 0 radical (unpaired) electrons. The number of rotatable bonds is 6. The summed E-state index contributed by atoms with van der Waals surface area (Å²) in [6, 6.07) is 0. The summed E-state index contributed by atoms with van der Waals surface area (Å²) >= 11 is 0. The highest BCUT2D eigenvalue weighted by Crippen LogP contribution is 2.11. The Labute approximate surface area is 87.9 Å². The Hall–Kier alpha value is -1.43. The van der Waals surface area contributed by atoms with E-state index in [1.807, 2.05) is 6.92 Å². The normalized spacial score (nSPS) is 12.7. The van der Waals surface area contributed by atoms with Gasteiger partial charge in [-0.05, 0) is 13.3 Å². The van der Waals surface area contributed by atoms with Crippen molar-refractivity contribution in [3.8, 4) is 0 Å². The summed E-state index contributed by atoms with van der Waals surface area (Å²) in [6.45, 7) is 2.45. The molecule has 1 N–H and O–H groups in total. The zero-order valence-corrected chi connectivity index (χ0v) is 8.88. The minimum atomic E-state index is -0.791. The molecule has 6 heteroatoms. The van der Waals surface area contributed by atoms with Crippen molar-refractivity contribution in [2.45, 2.75) is 32.4 Å². The van der Waals surface area contributed by atoms with Crippen LogP contribution in [0.15, 0.2) is 6.20 Å². The summed E-state index contributed by atoms with van der Waals surface area (Å²) in [5, 5.41) is 16.3. The van der Waals surface area contributed by atoms with Gasteiger partial charge in [-0.3, -0.25) is 9.48 Å². The standard InChI is InChI=1S/C9H15N3O3/c1-7(15-2)8-6-12(11-10-8)5-3-4-9(13)14/h6-7H,3-5H2,1-2H3,(H,13,14). The van der Waals surface area contributed by atoms with Crippen LogP contribution >= 0.6 is 0 Å². The lowest BCUT2D eigenvalue weighted by atomic mass is 10.3. The van der Waals surface area contributed by atoms with E-state index in [1.54, 1.807) is 18.0 Å². The number of hydrogen-bond acceptors (Lipinski definition) is 4. The van der Waals surface area contributed by atoms with Gasteiger partial charge in [-0.15, -0.1) is 5.10 Å². The molecule has 0 aliphatic carbocycles. The van der Waals surface area contributed by atoms with Gasteiger partial charge in [-0.2, -0.15) is 0 Å². The average molecular weight is 213 g/mol. The van der Waals surface area contributed by atoms with E-state index in [9.17, 15) is 4.79 Å². The van der Waals surface area contributed by atoms with Crippen molar-refractivity contribution in [2.24, 2.45) is 0 Å².